The van der Waals surface area contributed by atoms with Gasteiger partial charge >= 0.3 is 23.9 Å². The van der Waals surface area contributed by atoms with E-state index in [0.29, 0.717) is 39.1 Å². The Balaban J connectivity index is 0.000000286. The van der Waals surface area contributed by atoms with Gasteiger partial charge in [-0.1, -0.05) is 5.16 Å². The van der Waals surface area contributed by atoms with Crippen molar-refractivity contribution in [1.29, 1.82) is 0 Å². The van der Waals surface area contributed by atoms with E-state index in [4.69, 9.17) is 10.3 Å². The van der Waals surface area contributed by atoms with E-state index in [0.717, 1.165) is 11.5 Å². The number of nitrogens with two attached hydrogens (primary N) is 1. The number of nitrogen functional groups attached to an aromatic ring is 1. The maximum Gasteiger partial charge on any atom is 0.458 e. The van der Waals surface area contributed by atoms with Gasteiger partial charge in [-0.15, -0.1) is 0 Å². The first-order valence-electron chi connectivity index (χ1n) is 12.5. The highest BCUT2D eigenvalue weighted by atomic mass is 19.4. The fourth-order valence-electron chi connectivity index (χ4n) is 4.28. The average Bonchev–Trinajstić information content (AvgIpc) is 3.68. The van der Waals surface area contributed by atoms with E-state index in [1.54, 1.807) is 29.1 Å². The monoisotopic (exact) mass is 632 g/mol. The lowest BCUT2D eigenvalue weighted by atomic mass is 10.2. The highest BCUT2D eigenvalue weighted by molar-refractivity contribution is 6.41. The van der Waals surface area contributed by atoms with Gasteiger partial charge in [-0.3, -0.25) is 19.0 Å². The van der Waals surface area contributed by atoms with Crippen LogP contribution in [0.15, 0.2) is 70.5 Å². The van der Waals surface area contributed by atoms with Crippen LogP contribution >= 0.6 is 0 Å². The maximum atomic E-state index is 13.6. The molecule has 0 spiro atoms. The summed E-state index contributed by atoms with van der Waals surface area (Å²) >= 11 is 0. The Bertz CT molecular complexity index is 2120. The van der Waals surface area contributed by atoms with Crippen LogP contribution in [0.3, 0.4) is 0 Å². The maximum absolute atomic E-state index is 13.6. The molecule has 0 unspecified atom stereocenters. The van der Waals surface area contributed by atoms with Crippen molar-refractivity contribution < 1.29 is 40.5 Å². The number of aromatic nitrogens is 7. The van der Waals surface area contributed by atoms with Crippen molar-refractivity contribution >= 4 is 39.4 Å². The number of carbonyl (C=O) groups excluding carboxylic acids is 2. The van der Waals surface area contributed by atoms with Crippen molar-refractivity contribution in [1.82, 2.24) is 34.0 Å². The van der Waals surface area contributed by atoms with Crippen molar-refractivity contribution in [3.8, 4) is 17.1 Å². The second-order valence-electron chi connectivity index (χ2n) is 9.38. The van der Waals surface area contributed by atoms with Crippen LogP contribution in [0.1, 0.15) is 11.5 Å². The molecule has 12 nitrogen and oxygen atoms in total. The number of alkyl halides is 6. The molecular weight excluding hydrogens is 614 g/mol. The molecule has 0 bridgehead atoms. The summed E-state index contributed by atoms with van der Waals surface area (Å²) in [6.07, 6.45) is -6.37. The van der Waals surface area contributed by atoms with Crippen LogP contribution in [0.2, 0.25) is 0 Å². The van der Waals surface area contributed by atoms with Gasteiger partial charge in [0.25, 0.3) is 5.56 Å². The number of Topliss-reactive ketones (excluding diaryl/α,β-unsaturated/α-hetero) is 2. The molecule has 6 aromatic rings. The Morgan fingerprint density at radius 3 is 1.98 bits per heavy atom. The number of aryl methyl sites for hydroxylation is 2. The topological polar surface area (TPSA) is 157 Å². The number of imidazole rings is 1. The highest BCUT2D eigenvalue weighted by Gasteiger charge is 2.54. The predicted octanol–water partition coefficient (Wildman–Crippen LogP) is 4.35. The van der Waals surface area contributed by atoms with Crippen LogP contribution in [0, 0.1) is 13.8 Å². The quantitative estimate of drug-likeness (QED) is 0.221. The average molecular weight is 632 g/mol. The number of carbonyl (C=O) groups is 2. The minimum atomic E-state index is -5.77. The Hall–Kier alpha value is -5.81. The molecule has 0 aliphatic rings. The highest BCUT2D eigenvalue weighted by Crippen LogP contribution is 2.26. The van der Waals surface area contributed by atoms with E-state index in [9.17, 15) is 40.7 Å². The van der Waals surface area contributed by atoms with E-state index in [2.05, 4.69) is 20.2 Å². The first-order chi connectivity index (χ1) is 21.1. The Kier molecular flexibility index (Phi) is 7.51. The second-order valence-corrected chi connectivity index (χ2v) is 9.38. The summed E-state index contributed by atoms with van der Waals surface area (Å²) in [5.41, 5.74) is 10.1. The van der Waals surface area contributed by atoms with E-state index in [1.165, 1.54) is 10.9 Å². The molecule has 0 atom stereocenters. The lowest BCUT2D eigenvalue weighted by molar-refractivity contribution is -0.193. The fraction of sp³-hybridized carbons (Fsp3) is 0.148. The van der Waals surface area contributed by atoms with Gasteiger partial charge in [0.1, 0.15) is 17.7 Å². The second kappa shape index (κ2) is 11.0. The molecule has 0 aliphatic carbocycles. The first-order valence-corrected chi connectivity index (χ1v) is 12.5. The zero-order valence-electron chi connectivity index (χ0n) is 22.9. The number of halogens is 6. The number of nitrogens with zero attached hydrogens (tertiary/aromatic N) is 7. The molecule has 4 aromatic heterocycles. The van der Waals surface area contributed by atoms with Gasteiger partial charge in [-0.05, 0) is 56.3 Å². The van der Waals surface area contributed by atoms with Gasteiger partial charge in [0.15, 0.2) is 16.9 Å². The number of benzene rings is 2. The largest absolute Gasteiger partial charge is 0.458 e. The van der Waals surface area contributed by atoms with Crippen LogP contribution < -0.4 is 11.3 Å². The summed E-state index contributed by atoms with van der Waals surface area (Å²) in [5, 5.41) is 9.02. The Morgan fingerprint density at radius 1 is 0.844 bits per heavy atom. The summed E-state index contributed by atoms with van der Waals surface area (Å²) in [6.45, 7) is 3.76. The van der Waals surface area contributed by atoms with Crippen LogP contribution in [0.25, 0.3) is 39.1 Å². The molecule has 0 fully saturated rings. The van der Waals surface area contributed by atoms with Crippen LogP contribution in [0.5, 0.6) is 0 Å². The summed E-state index contributed by atoms with van der Waals surface area (Å²) < 4.78 is 77.2. The van der Waals surface area contributed by atoms with E-state index >= 15 is 0 Å². The van der Waals surface area contributed by atoms with Crippen molar-refractivity contribution in [2.45, 2.75) is 26.2 Å². The molecule has 232 valence electrons. The lowest BCUT2D eigenvalue weighted by Crippen LogP contribution is -2.39. The Morgan fingerprint density at radius 2 is 1.42 bits per heavy atom. The minimum Gasteiger partial charge on any atom is -0.380 e. The molecule has 6 rings (SSSR count). The predicted molar refractivity (Wildman–Crippen MR) is 145 cm³/mol. The lowest BCUT2D eigenvalue weighted by Gasteiger charge is -2.09. The normalized spacial score (nSPS) is 11.9. The van der Waals surface area contributed by atoms with Gasteiger partial charge < -0.3 is 14.8 Å². The van der Waals surface area contributed by atoms with Crippen molar-refractivity contribution in [3.63, 3.8) is 0 Å². The molecule has 0 amide bonds. The minimum absolute atomic E-state index is 0.231. The molecule has 0 saturated carbocycles. The third-order valence-electron chi connectivity index (χ3n) is 6.43. The molecule has 2 aromatic carbocycles. The molecule has 0 radical (unpaired) electrons. The molecule has 0 saturated heterocycles. The third kappa shape index (κ3) is 5.76. The summed E-state index contributed by atoms with van der Waals surface area (Å²) in [6, 6.07) is 13.0. The van der Waals surface area contributed by atoms with Crippen LogP contribution in [-0.2, 0) is 9.59 Å². The van der Waals surface area contributed by atoms with E-state index < -0.39 is 23.9 Å². The third-order valence-corrected chi connectivity index (χ3v) is 6.43. The number of ketones is 2. The van der Waals surface area contributed by atoms with Gasteiger partial charge in [0.05, 0.1) is 22.5 Å². The molecule has 2 N–H and O–H groups in total. The number of anilines is 1. The molecular formula is C27H18F6N8O4. The van der Waals surface area contributed by atoms with Crippen molar-refractivity contribution in [2.75, 3.05) is 5.73 Å². The zero-order chi connectivity index (χ0) is 32.8. The summed E-state index contributed by atoms with van der Waals surface area (Å²) in [7, 11) is 0. The van der Waals surface area contributed by atoms with Gasteiger partial charge in [0.2, 0.25) is 0 Å². The zero-order valence-corrected chi connectivity index (χ0v) is 22.9. The Labute approximate surface area is 246 Å². The van der Waals surface area contributed by atoms with Gasteiger partial charge in [-0.2, -0.15) is 31.4 Å². The molecule has 45 heavy (non-hydrogen) atoms. The SMILES string of the molecule is Cc1nn(-c2ccc3onc(N)c3c2)c2c(=O)n(-c3ccc(-n4ccnc4C)cc3)cnc12.O=C(C(=O)C(F)(F)F)C(F)(F)F. The van der Waals surface area contributed by atoms with Crippen LogP contribution in [0.4, 0.5) is 32.2 Å². The van der Waals surface area contributed by atoms with Gasteiger partial charge in [0, 0.05) is 18.1 Å². The van der Waals surface area contributed by atoms with E-state index in [-0.39, 0.29) is 11.4 Å². The number of rotatable bonds is 4. The number of hydrogen-bond donors (Lipinski definition) is 1. The molecule has 0 aliphatic heterocycles. The smallest absolute Gasteiger partial charge is 0.380 e. The molecule has 18 heteroatoms. The standard InChI is InChI=1S/C23H18N8O2.C4F6O2/c1-13-20-21(31(27-13)17-7-8-19-18(11-17)22(24)28-33-19)23(32)30(12-26-20)16-5-3-15(4-6-16)29-10-9-25-14(29)2;5-3(6,7)1(11)2(12)4(8,9)10/h3-12H,1-2H3,(H2,24,28);. The fourth-order valence-corrected chi connectivity index (χ4v) is 4.28. The van der Waals surface area contributed by atoms with Crippen molar-refractivity contribution in [2.24, 2.45) is 0 Å². The first kappa shape index (κ1) is 30.6. The summed E-state index contributed by atoms with van der Waals surface area (Å²) in [4.78, 5) is 41.6. The molecule has 4 heterocycles. The number of fused-ring (bicyclic) bond motifs is 2. The summed E-state index contributed by atoms with van der Waals surface area (Å²) in [5.74, 6) is -5.65. The number of hydrogen-bond acceptors (Lipinski definition) is 9. The van der Waals surface area contributed by atoms with E-state index in [1.807, 2.05) is 48.9 Å². The van der Waals surface area contributed by atoms with Crippen LogP contribution in [-0.4, -0.2) is 58.0 Å². The van der Waals surface area contributed by atoms with Crippen molar-refractivity contribution in [3.05, 3.63) is 83.1 Å². The van der Waals surface area contributed by atoms with Gasteiger partial charge in [-0.25, -0.2) is 14.6 Å².